The van der Waals surface area contributed by atoms with Crippen molar-refractivity contribution >= 4 is 5.97 Å². The first-order valence-corrected chi connectivity index (χ1v) is 6.70. The standard InChI is InChI=1S/C15H20O3/c1-9-5-4-7-14(3)8-6-11-10(2)13(16)18-12(11)15(9,14)17/h11-12,17H,1-2,4-8H2,3H3/t11-,12+,14+,15-/m0/s1. The van der Waals surface area contributed by atoms with Gasteiger partial charge in [-0.25, -0.2) is 4.79 Å². The third-order valence-corrected chi connectivity index (χ3v) is 5.39. The van der Waals surface area contributed by atoms with E-state index in [4.69, 9.17) is 4.74 Å². The molecule has 0 bridgehead atoms. The quantitative estimate of drug-likeness (QED) is 0.406. The lowest BCUT2D eigenvalue weighted by atomic mass is 9.52. The highest BCUT2D eigenvalue weighted by atomic mass is 16.6. The first-order valence-electron chi connectivity index (χ1n) is 6.70. The molecule has 0 aromatic rings. The summed E-state index contributed by atoms with van der Waals surface area (Å²) in [4.78, 5) is 11.7. The molecule has 3 rings (SSSR count). The lowest BCUT2D eigenvalue weighted by molar-refractivity contribution is -0.187. The Balaban J connectivity index is 2.08. The Kier molecular flexibility index (Phi) is 2.31. The van der Waals surface area contributed by atoms with Crippen molar-refractivity contribution in [3.8, 4) is 0 Å². The van der Waals surface area contributed by atoms with Gasteiger partial charge in [-0.1, -0.05) is 20.1 Å². The molecule has 1 saturated heterocycles. The van der Waals surface area contributed by atoms with Crippen LogP contribution in [0.5, 0.6) is 0 Å². The number of esters is 1. The number of rotatable bonds is 0. The van der Waals surface area contributed by atoms with Gasteiger partial charge in [-0.3, -0.25) is 0 Å². The van der Waals surface area contributed by atoms with E-state index in [0.717, 1.165) is 37.7 Å². The highest BCUT2D eigenvalue weighted by Crippen LogP contribution is 2.59. The Bertz CT molecular complexity index is 453. The average molecular weight is 248 g/mol. The van der Waals surface area contributed by atoms with E-state index in [1.165, 1.54) is 0 Å². The summed E-state index contributed by atoms with van der Waals surface area (Å²) in [5.74, 6) is -0.383. The molecule has 3 heteroatoms. The van der Waals surface area contributed by atoms with Crippen molar-refractivity contribution in [1.29, 1.82) is 0 Å². The molecule has 4 atom stereocenters. The third-order valence-electron chi connectivity index (χ3n) is 5.39. The number of hydrogen-bond acceptors (Lipinski definition) is 3. The predicted octanol–water partition coefficient (Wildman–Crippen LogP) is 2.36. The Labute approximate surface area is 108 Å². The van der Waals surface area contributed by atoms with Gasteiger partial charge in [0, 0.05) is 16.9 Å². The second kappa shape index (κ2) is 3.47. The molecule has 1 N–H and O–H groups in total. The van der Waals surface area contributed by atoms with Crippen LogP contribution < -0.4 is 0 Å². The Morgan fingerprint density at radius 1 is 1.39 bits per heavy atom. The summed E-state index contributed by atoms with van der Waals surface area (Å²) in [6.07, 6.45) is 4.16. The second-order valence-corrected chi connectivity index (χ2v) is 6.28. The molecule has 0 aromatic carbocycles. The van der Waals surface area contributed by atoms with Gasteiger partial charge in [-0.2, -0.15) is 0 Å². The zero-order chi connectivity index (χ0) is 13.1. The number of carbonyl (C=O) groups excluding carboxylic acids is 1. The summed E-state index contributed by atoms with van der Waals surface area (Å²) in [6, 6.07) is 0. The van der Waals surface area contributed by atoms with Crippen LogP contribution in [0.2, 0.25) is 0 Å². The molecule has 2 aliphatic carbocycles. The van der Waals surface area contributed by atoms with E-state index in [-0.39, 0.29) is 17.3 Å². The maximum Gasteiger partial charge on any atom is 0.334 e. The van der Waals surface area contributed by atoms with Crippen molar-refractivity contribution in [2.45, 2.75) is 50.7 Å². The van der Waals surface area contributed by atoms with E-state index in [0.29, 0.717) is 5.57 Å². The fraction of sp³-hybridized carbons (Fsp3) is 0.667. The number of carbonyl (C=O) groups is 1. The predicted molar refractivity (Wildman–Crippen MR) is 67.8 cm³/mol. The first-order chi connectivity index (χ1) is 8.40. The lowest BCUT2D eigenvalue weighted by Gasteiger charge is -2.56. The summed E-state index contributed by atoms with van der Waals surface area (Å²) < 4.78 is 5.44. The van der Waals surface area contributed by atoms with Crippen molar-refractivity contribution in [3.05, 3.63) is 24.3 Å². The van der Waals surface area contributed by atoms with Crippen LogP contribution in [-0.2, 0) is 9.53 Å². The molecule has 3 fully saturated rings. The van der Waals surface area contributed by atoms with E-state index < -0.39 is 11.7 Å². The van der Waals surface area contributed by atoms with E-state index in [1.807, 2.05) is 0 Å². The summed E-state index contributed by atoms with van der Waals surface area (Å²) in [5, 5.41) is 11.2. The largest absolute Gasteiger partial charge is 0.455 e. The van der Waals surface area contributed by atoms with Crippen molar-refractivity contribution in [3.63, 3.8) is 0 Å². The minimum atomic E-state index is -1.07. The maximum absolute atomic E-state index is 11.7. The minimum Gasteiger partial charge on any atom is -0.455 e. The van der Waals surface area contributed by atoms with E-state index in [9.17, 15) is 9.90 Å². The molecule has 98 valence electrons. The van der Waals surface area contributed by atoms with Crippen LogP contribution >= 0.6 is 0 Å². The van der Waals surface area contributed by atoms with Crippen LogP contribution in [0, 0.1) is 11.3 Å². The van der Waals surface area contributed by atoms with Gasteiger partial charge >= 0.3 is 5.97 Å². The number of aliphatic hydroxyl groups is 1. The Morgan fingerprint density at radius 3 is 2.83 bits per heavy atom. The van der Waals surface area contributed by atoms with Crippen molar-refractivity contribution in [2.24, 2.45) is 11.3 Å². The Hall–Kier alpha value is -1.09. The van der Waals surface area contributed by atoms with Crippen LogP contribution in [0.4, 0.5) is 0 Å². The van der Waals surface area contributed by atoms with Gasteiger partial charge < -0.3 is 9.84 Å². The molecule has 0 spiro atoms. The van der Waals surface area contributed by atoms with Gasteiger partial charge in [0.25, 0.3) is 0 Å². The molecule has 0 aromatic heterocycles. The highest BCUT2D eigenvalue weighted by Gasteiger charge is 2.64. The van der Waals surface area contributed by atoms with Crippen molar-refractivity contribution in [2.75, 3.05) is 0 Å². The van der Waals surface area contributed by atoms with Crippen LogP contribution in [0.1, 0.15) is 39.0 Å². The maximum atomic E-state index is 11.7. The highest BCUT2D eigenvalue weighted by molar-refractivity contribution is 5.91. The molecule has 3 aliphatic rings. The van der Waals surface area contributed by atoms with E-state index in [2.05, 4.69) is 20.1 Å². The van der Waals surface area contributed by atoms with Crippen molar-refractivity contribution < 1.29 is 14.6 Å². The minimum absolute atomic E-state index is 0.0366. The molecular weight excluding hydrogens is 228 g/mol. The molecular formula is C15H20O3. The average Bonchev–Trinajstić information content (AvgIpc) is 2.61. The Morgan fingerprint density at radius 2 is 2.11 bits per heavy atom. The first kappa shape index (κ1) is 12.0. The number of fused-ring (bicyclic) bond motifs is 3. The van der Waals surface area contributed by atoms with Crippen LogP contribution in [-0.4, -0.2) is 22.8 Å². The fourth-order valence-corrected chi connectivity index (χ4v) is 4.14. The molecule has 18 heavy (non-hydrogen) atoms. The van der Waals surface area contributed by atoms with Gasteiger partial charge in [0.1, 0.15) is 11.7 Å². The van der Waals surface area contributed by atoms with Crippen LogP contribution in [0.15, 0.2) is 24.3 Å². The fourth-order valence-electron chi connectivity index (χ4n) is 4.14. The molecule has 1 aliphatic heterocycles. The summed E-state index contributed by atoms with van der Waals surface area (Å²) in [6.45, 7) is 9.98. The van der Waals surface area contributed by atoms with Gasteiger partial charge in [-0.05, 0) is 37.7 Å². The zero-order valence-corrected chi connectivity index (χ0v) is 10.9. The molecule has 1 heterocycles. The topological polar surface area (TPSA) is 46.5 Å². The van der Waals surface area contributed by atoms with E-state index >= 15 is 0 Å². The smallest absolute Gasteiger partial charge is 0.334 e. The van der Waals surface area contributed by atoms with Gasteiger partial charge in [0.2, 0.25) is 0 Å². The summed E-state index contributed by atoms with van der Waals surface area (Å²) >= 11 is 0. The summed E-state index contributed by atoms with van der Waals surface area (Å²) in [7, 11) is 0. The molecule has 2 saturated carbocycles. The molecule has 3 nitrogen and oxygen atoms in total. The van der Waals surface area contributed by atoms with Crippen LogP contribution in [0.25, 0.3) is 0 Å². The normalized spacial score (nSPS) is 47.6. The molecule has 0 amide bonds. The van der Waals surface area contributed by atoms with Gasteiger partial charge in [0.15, 0.2) is 0 Å². The molecule has 0 unspecified atom stereocenters. The monoisotopic (exact) mass is 248 g/mol. The van der Waals surface area contributed by atoms with Gasteiger partial charge in [0.05, 0.1) is 0 Å². The zero-order valence-electron chi connectivity index (χ0n) is 10.9. The third kappa shape index (κ3) is 1.21. The SMILES string of the molecule is C=C1C(=O)O[C@@H]2[C@H]1CC[C@@]1(C)CCCC(=C)[C@]21O. The van der Waals surface area contributed by atoms with Crippen LogP contribution in [0.3, 0.4) is 0 Å². The van der Waals surface area contributed by atoms with E-state index in [1.54, 1.807) is 0 Å². The summed E-state index contributed by atoms with van der Waals surface area (Å²) in [5.41, 5.74) is 0.0693. The molecule has 0 radical (unpaired) electrons. The number of ether oxygens (including phenoxy) is 1. The second-order valence-electron chi connectivity index (χ2n) is 6.28. The number of hydrogen-bond donors (Lipinski definition) is 1. The van der Waals surface area contributed by atoms with Crippen molar-refractivity contribution in [1.82, 2.24) is 0 Å². The van der Waals surface area contributed by atoms with Gasteiger partial charge in [-0.15, -0.1) is 0 Å². The lowest BCUT2D eigenvalue weighted by Crippen LogP contribution is -2.62.